The topological polar surface area (TPSA) is 62.6 Å². The monoisotopic (exact) mass is 356 g/mol. The molecule has 1 saturated heterocycles. The molecule has 0 atom stereocenters. The molecule has 1 aromatic heterocycles. The van der Waals surface area contributed by atoms with Crippen LogP contribution in [-0.4, -0.2) is 36.3 Å². The van der Waals surface area contributed by atoms with Gasteiger partial charge in [0, 0.05) is 31.3 Å². The predicted octanol–water partition coefficient (Wildman–Crippen LogP) is 3.10. The molecule has 1 N–H and O–H groups in total. The summed E-state index contributed by atoms with van der Waals surface area (Å²) in [5, 5.41) is 2.85. The number of halogens is 1. The number of carbonyl (C=O) groups excluding carboxylic acids is 2. The lowest BCUT2D eigenvalue weighted by atomic mass is 9.96. The van der Waals surface area contributed by atoms with Gasteiger partial charge in [-0.05, 0) is 55.2 Å². The average Bonchev–Trinajstić information content (AvgIpc) is 3.18. The van der Waals surface area contributed by atoms with Gasteiger partial charge in [-0.15, -0.1) is 0 Å². The van der Waals surface area contributed by atoms with Crippen molar-refractivity contribution in [2.75, 3.05) is 19.6 Å². The zero-order valence-corrected chi connectivity index (χ0v) is 14.4. The minimum Gasteiger partial charge on any atom is -0.465 e. The van der Waals surface area contributed by atoms with E-state index >= 15 is 0 Å². The Hall–Kier alpha value is -2.89. The Morgan fingerprint density at radius 3 is 2.73 bits per heavy atom. The molecule has 2 amide bonds. The van der Waals surface area contributed by atoms with E-state index in [9.17, 15) is 14.0 Å². The van der Waals surface area contributed by atoms with Gasteiger partial charge in [0.25, 0.3) is 5.91 Å². The van der Waals surface area contributed by atoms with Crippen molar-refractivity contribution in [2.24, 2.45) is 5.92 Å². The lowest BCUT2D eigenvalue weighted by molar-refractivity contribution is -0.127. The van der Waals surface area contributed by atoms with Gasteiger partial charge < -0.3 is 14.6 Å². The molecule has 0 spiro atoms. The minimum absolute atomic E-state index is 0.0383. The van der Waals surface area contributed by atoms with Crippen LogP contribution in [0, 0.1) is 11.7 Å². The van der Waals surface area contributed by atoms with Crippen molar-refractivity contribution in [3.8, 4) is 0 Å². The molecule has 2 heterocycles. The first-order valence-electron chi connectivity index (χ1n) is 8.66. The fourth-order valence-corrected chi connectivity index (χ4v) is 2.97. The van der Waals surface area contributed by atoms with E-state index < -0.39 is 5.82 Å². The van der Waals surface area contributed by atoms with Gasteiger partial charge in [-0.2, -0.15) is 0 Å². The molecule has 26 heavy (non-hydrogen) atoms. The summed E-state index contributed by atoms with van der Waals surface area (Å²) in [6.07, 6.45) is 6.39. The Morgan fingerprint density at radius 2 is 2.04 bits per heavy atom. The fraction of sp³-hybridized carbons (Fsp3) is 0.300. The minimum atomic E-state index is -0.424. The first-order valence-corrected chi connectivity index (χ1v) is 8.66. The molecule has 5 nitrogen and oxygen atoms in total. The summed E-state index contributed by atoms with van der Waals surface area (Å²) in [5.74, 6) is 0.221. The maximum absolute atomic E-state index is 13.2. The number of rotatable bonds is 5. The number of amides is 2. The lowest BCUT2D eigenvalue weighted by Crippen LogP contribution is -2.41. The molecule has 136 valence electrons. The summed E-state index contributed by atoms with van der Waals surface area (Å²) < 4.78 is 18.3. The Labute approximate surface area is 151 Å². The van der Waals surface area contributed by atoms with Gasteiger partial charge >= 0.3 is 0 Å². The highest BCUT2D eigenvalue weighted by Gasteiger charge is 2.22. The van der Waals surface area contributed by atoms with Crippen molar-refractivity contribution in [3.05, 3.63) is 65.9 Å². The maximum Gasteiger partial charge on any atom is 0.251 e. The molecular weight excluding hydrogens is 335 g/mol. The highest BCUT2D eigenvalue weighted by Crippen LogP contribution is 2.17. The van der Waals surface area contributed by atoms with Gasteiger partial charge in [0.15, 0.2) is 0 Å². The third kappa shape index (κ3) is 4.81. The second kappa shape index (κ2) is 8.47. The van der Waals surface area contributed by atoms with Gasteiger partial charge in [0.05, 0.1) is 6.26 Å². The van der Waals surface area contributed by atoms with E-state index in [1.165, 1.54) is 24.3 Å². The van der Waals surface area contributed by atoms with Crippen LogP contribution in [0.2, 0.25) is 0 Å². The van der Waals surface area contributed by atoms with Crippen LogP contribution >= 0.6 is 0 Å². The van der Waals surface area contributed by atoms with Crippen molar-refractivity contribution in [3.63, 3.8) is 0 Å². The molecule has 0 radical (unpaired) electrons. The Bertz CT molecular complexity index is 778. The van der Waals surface area contributed by atoms with Crippen molar-refractivity contribution in [2.45, 2.75) is 12.8 Å². The molecule has 1 aliphatic heterocycles. The summed E-state index contributed by atoms with van der Waals surface area (Å²) in [4.78, 5) is 26.0. The van der Waals surface area contributed by atoms with Gasteiger partial charge in [-0.1, -0.05) is 6.07 Å². The van der Waals surface area contributed by atoms with Crippen molar-refractivity contribution in [1.29, 1.82) is 0 Å². The summed E-state index contributed by atoms with van der Waals surface area (Å²) in [6, 6.07) is 9.20. The average molecular weight is 356 g/mol. The van der Waals surface area contributed by atoms with E-state index in [2.05, 4.69) is 5.32 Å². The van der Waals surface area contributed by atoms with Gasteiger partial charge in [0.1, 0.15) is 11.6 Å². The molecule has 2 aromatic rings. The Balaban J connectivity index is 1.42. The van der Waals surface area contributed by atoms with E-state index in [4.69, 9.17) is 4.42 Å². The smallest absolute Gasteiger partial charge is 0.251 e. The Kier molecular flexibility index (Phi) is 5.84. The second-order valence-corrected chi connectivity index (χ2v) is 6.34. The summed E-state index contributed by atoms with van der Waals surface area (Å²) in [5.41, 5.74) is 0.320. The van der Waals surface area contributed by atoms with E-state index in [1.54, 1.807) is 35.4 Å². The molecule has 6 heteroatoms. The molecule has 0 saturated carbocycles. The maximum atomic E-state index is 13.2. The normalized spacial score (nSPS) is 15.3. The van der Waals surface area contributed by atoms with Crippen molar-refractivity contribution < 1.29 is 18.4 Å². The highest BCUT2D eigenvalue weighted by molar-refractivity contribution is 5.94. The molecule has 0 bridgehead atoms. The summed E-state index contributed by atoms with van der Waals surface area (Å²) in [7, 11) is 0. The summed E-state index contributed by atoms with van der Waals surface area (Å²) >= 11 is 0. The zero-order valence-electron chi connectivity index (χ0n) is 14.4. The quantitative estimate of drug-likeness (QED) is 0.838. The number of benzene rings is 1. The predicted molar refractivity (Wildman–Crippen MR) is 95.8 cm³/mol. The molecule has 1 fully saturated rings. The summed E-state index contributed by atoms with van der Waals surface area (Å²) in [6.45, 7) is 1.84. The second-order valence-electron chi connectivity index (χ2n) is 6.34. The largest absolute Gasteiger partial charge is 0.465 e. The standard InChI is InChI=1S/C20H21FN2O3/c21-17-4-1-3-16(13-17)20(25)22-14-15-8-10-23(11-9-15)19(24)7-6-18-5-2-12-26-18/h1-7,12-13,15H,8-11,14H2,(H,22,25)/b7-6+. The number of nitrogens with one attached hydrogen (secondary N) is 1. The highest BCUT2D eigenvalue weighted by atomic mass is 19.1. The van der Waals surface area contributed by atoms with Crippen molar-refractivity contribution >= 4 is 17.9 Å². The van der Waals surface area contributed by atoms with E-state index in [-0.39, 0.29) is 11.8 Å². The SMILES string of the molecule is O=C(NCC1CCN(C(=O)/C=C/c2ccco2)CC1)c1cccc(F)c1. The third-order valence-electron chi connectivity index (χ3n) is 4.50. The number of hydrogen-bond acceptors (Lipinski definition) is 3. The Morgan fingerprint density at radius 1 is 1.23 bits per heavy atom. The number of piperidine rings is 1. The van der Waals surface area contributed by atoms with E-state index in [1.807, 2.05) is 0 Å². The van der Waals surface area contributed by atoms with Crippen LogP contribution in [0.5, 0.6) is 0 Å². The van der Waals surface area contributed by atoms with Crippen LogP contribution in [0.3, 0.4) is 0 Å². The van der Waals surface area contributed by atoms with Crippen LogP contribution in [-0.2, 0) is 4.79 Å². The van der Waals surface area contributed by atoms with Crippen molar-refractivity contribution in [1.82, 2.24) is 10.2 Å². The first kappa shape index (κ1) is 17.9. The molecule has 1 aliphatic rings. The molecule has 0 aliphatic carbocycles. The molecule has 1 aromatic carbocycles. The van der Waals surface area contributed by atoms with E-state index in [0.717, 1.165) is 12.8 Å². The van der Waals surface area contributed by atoms with Crippen LogP contribution < -0.4 is 5.32 Å². The van der Waals surface area contributed by atoms with Crippen LogP contribution in [0.15, 0.2) is 53.2 Å². The van der Waals surface area contributed by atoms with Gasteiger partial charge in [-0.25, -0.2) is 4.39 Å². The molecule has 3 rings (SSSR count). The fourth-order valence-electron chi connectivity index (χ4n) is 2.97. The van der Waals surface area contributed by atoms with E-state index in [0.29, 0.717) is 36.9 Å². The lowest BCUT2D eigenvalue weighted by Gasteiger charge is -2.31. The van der Waals surface area contributed by atoms with Crippen LogP contribution in [0.4, 0.5) is 4.39 Å². The number of likely N-dealkylation sites (tertiary alicyclic amines) is 1. The molecular formula is C20H21FN2O3. The number of carbonyl (C=O) groups is 2. The third-order valence-corrected chi connectivity index (χ3v) is 4.50. The van der Waals surface area contributed by atoms with Crippen LogP contribution in [0.1, 0.15) is 29.0 Å². The van der Waals surface area contributed by atoms with Gasteiger partial charge in [-0.3, -0.25) is 9.59 Å². The number of nitrogens with zero attached hydrogens (tertiary/aromatic N) is 1. The number of hydrogen-bond donors (Lipinski definition) is 1. The first-order chi connectivity index (χ1) is 12.6. The number of furan rings is 1. The van der Waals surface area contributed by atoms with Crippen LogP contribution in [0.25, 0.3) is 6.08 Å². The van der Waals surface area contributed by atoms with Gasteiger partial charge in [0.2, 0.25) is 5.91 Å². The zero-order chi connectivity index (χ0) is 18.4. The molecule has 0 unspecified atom stereocenters.